The normalized spacial score (nSPS) is 23.2. The Morgan fingerprint density at radius 3 is 2.39 bits per heavy atom. The van der Waals surface area contributed by atoms with E-state index in [1.54, 1.807) is 12.1 Å². The number of hydrogen-bond donors (Lipinski definition) is 0. The molecule has 31 heavy (non-hydrogen) atoms. The standard InChI is InChI=1S/C23H26N2O4S2/c1-3-16-9-8-10-17(4-2)22(16)25-19-14-31(27,28)15-20(19)30-23(25)24-21(26)13-29-18-11-6-5-7-12-18/h5-12,19-20H,3-4,13-15H2,1-2H3/t19-,20+/m1/s1. The maximum Gasteiger partial charge on any atom is 0.285 e. The number of amides is 1. The van der Waals surface area contributed by atoms with E-state index in [1.807, 2.05) is 29.2 Å². The Hall–Kier alpha value is -2.32. The van der Waals surface area contributed by atoms with Gasteiger partial charge in [0.05, 0.1) is 17.5 Å². The van der Waals surface area contributed by atoms with Crippen LogP contribution in [-0.2, 0) is 27.5 Å². The Morgan fingerprint density at radius 2 is 1.74 bits per heavy atom. The molecule has 0 N–H and O–H groups in total. The van der Waals surface area contributed by atoms with Crippen LogP contribution in [0.3, 0.4) is 0 Å². The Kier molecular flexibility index (Phi) is 6.39. The van der Waals surface area contributed by atoms with Crippen LogP contribution in [0, 0.1) is 0 Å². The first kappa shape index (κ1) is 21.9. The largest absolute Gasteiger partial charge is 0.484 e. The molecule has 2 fully saturated rings. The molecule has 0 saturated carbocycles. The van der Waals surface area contributed by atoms with E-state index in [-0.39, 0.29) is 35.3 Å². The average molecular weight is 459 g/mol. The van der Waals surface area contributed by atoms with Gasteiger partial charge in [0.1, 0.15) is 5.75 Å². The quantitative estimate of drug-likeness (QED) is 0.660. The summed E-state index contributed by atoms with van der Waals surface area (Å²) in [4.78, 5) is 19.0. The van der Waals surface area contributed by atoms with Gasteiger partial charge in [-0.3, -0.25) is 4.79 Å². The monoisotopic (exact) mass is 458 g/mol. The first-order valence-corrected chi connectivity index (χ1v) is 13.2. The van der Waals surface area contributed by atoms with Gasteiger partial charge >= 0.3 is 0 Å². The number of thioether (sulfide) groups is 1. The van der Waals surface area contributed by atoms with E-state index in [0.29, 0.717) is 10.9 Å². The SMILES string of the molecule is CCc1cccc(CC)c1N1C(=NC(=O)COc2ccccc2)S[C@H]2CS(=O)(=O)C[C@H]21. The summed E-state index contributed by atoms with van der Waals surface area (Å²) in [6.07, 6.45) is 1.62. The van der Waals surface area contributed by atoms with Crippen molar-refractivity contribution in [3.05, 3.63) is 59.7 Å². The van der Waals surface area contributed by atoms with E-state index in [4.69, 9.17) is 4.74 Å². The third-order valence-corrected chi connectivity index (χ3v) is 8.81. The lowest BCUT2D eigenvalue weighted by Crippen LogP contribution is -2.39. The second-order valence-electron chi connectivity index (χ2n) is 7.69. The summed E-state index contributed by atoms with van der Waals surface area (Å²) in [6.45, 7) is 4.01. The van der Waals surface area contributed by atoms with Gasteiger partial charge in [-0.1, -0.05) is 62.0 Å². The van der Waals surface area contributed by atoms with Gasteiger partial charge in [0, 0.05) is 10.9 Å². The van der Waals surface area contributed by atoms with E-state index in [9.17, 15) is 13.2 Å². The number of anilines is 1. The average Bonchev–Trinajstić information content (AvgIpc) is 3.22. The van der Waals surface area contributed by atoms with Gasteiger partial charge in [-0.2, -0.15) is 4.99 Å². The van der Waals surface area contributed by atoms with Gasteiger partial charge in [-0.25, -0.2) is 8.42 Å². The molecule has 0 bridgehead atoms. The molecule has 0 radical (unpaired) electrons. The highest BCUT2D eigenvalue weighted by molar-refractivity contribution is 8.16. The van der Waals surface area contributed by atoms with Crippen LogP contribution in [0.1, 0.15) is 25.0 Å². The van der Waals surface area contributed by atoms with Crippen molar-refractivity contribution < 1.29 is 17.9 Å². The number of aliphatic imine (C=N–C) groups is 1. The van der Waals surface area contributed by atoms with Crippen molar-refractivity contribution in [3.8, 4) is 5.75 Å². The number of carbonyl (C=O) groups excluding carboxylic acids is 1. The third kappa shape index (κ3) is 4.65. The number of benzene rings is 2. The van der Waals surface area contributed by atoms with E-state index >= 15 is 0 Å². The molecule has 2 aromatic rings. The number of carbonyl (C=O) groups is 1. The molecule has 6 nitrogen and oxygen atoms in total. The maximum absolute atomic E-state index is 12.6. The van der Waals surface area contributed by atoms with Crippen molar-refractivity contribution in [1.82, 2.24) is 0 Å². The van der Waals surface area contributed by atoms with Gasteiger partial charge in [-0.15, -0.1) is 0 Å². The number of rotatable bonds is 6. The molecule has 0 spiro atoms. The van der Waals surface area contributed by atoms with Crippen molar-refractivity contribution >= 4 is 38.4 Å². The molecule has 4 rings (SSSR count). The summed E-state index contributed by atoms with van der Waals surface area (Å²) < 4.78 is 30.3. The number of sulfone groups is 1. The number of para-hydroxylation sites is 2. The molecule has 1 amide bonds. The molecule has 2 atom stereocenters. The summed E-state index contributed by atoms with van der Waals surface area (Å²) in [5.41, 5.74) is 3.26. The zero-order chi connectivity index (χ0) is 22.0. The van der Waals surface area contributed by atoms with Crippen molar-refractivity contribution in [2.24, 2.45) is 4.99 Å². The smallest absolute Gasteiger partial charge is 0.285 e. The van der Waals surface area contributed by atoms with Crippen LogP contribution in [0.5, 0.6) is 5.75 Å². The van der Waals surface area contributed by atoms with Crippen LogP contribution >= 0.6 is 11.8 Å². The molecule has 2 aromatic carbocycles. The molecule has 0 aromatic heterocycles. The van der Waals surface area contributed by atoms with Crippen LogP contribution in [0.25, 0.3) is 0 Å². The number of fused-ring (bicyclic) bond motifs is 1. The van der Waals surface area contributed by atoms with Gasteiger partial charge in [0.25, 0.3) is 5.91 Å². The Balaban J connectivity index is 1.67. The second kappa shape index (κ2) is 9.04. The Morgan fingerprint density at radius 1 is 1.06 bits per heavy atom. The minimum absolute atomic E-state index is 0.0829. The van der Waals surface area contributed by atoms with Gasteiger partial charge in [0.15, 0.2) is 21.6 Å². The van der Waals surface area contributed by atoms with E-state index in [2.05, 4.69) is 31.0 Å². The van der Waals surface area contributed by atoms with Gasteiger partial charge < -0.3 is 9.64 Å². The first-order chi connectivity index (χ1) is 14.9. The highest BCUT2D eigenvalue weighted by Gasteiger charge is 2.50. The minimum atomic E-state index is -3.11. The van der Waals surface area contributed by atoms with Crippen LogP contribution in [0.15, 0.2) is 53.5 Å². The molecule has 2 aliphatic rings. The van der Waals surface area contributed by atoms with Crippen molar-refractivity contribution in [2.45, 2.75) is 38.0 Å². The maximum atomic E-state index is 12.6. The van der Waals surface area contributed by atoms with E-state index in [1.165, 1.54) is 11.8 Å². The minimum Gasteiger partial charge on any atom is -0.484 e. The van der Waals surface area contributed by atoms with E-state index in [0.717, 1.165) is 29.7 Å². The van der Waals surface area contributed by atoms with Gasteiger partial charge in [-0.05, 0) is 36.1 Å². The fraction of sp³-hybridized carbons (Fsp3) is 0.391. The number of hydrogen-bond acceptors (Lipinski definition) is 5. The highest BCUT2D eigenvalue weighted by atomic mass is 32.2. The zero-order valence-electron chi connectivity index (χ0n) is 17.7. The Bertz CT molecular complexity index is 1080. The number of amidine groups is 1. The Labute approximate surface area is 187 Å². The summed E-state index contributed by atoms with van der Waals surface area (Å²) in [7, 11) is -3.11. The van der Waals surface area contributed by atoms with Gasteiger partial charge in [0.2, 0.25) is 0 Å². The zero-order valence-corrected chi connectivity index (χ0v) is 19.3. The van der Waals surface area contributed by atoms with Crippen LogP contribution in [0.2, 0.25) is 0 Å². The van der Waals surface area contributed by atoms with Crippen LogP contribution in [0.4, 0.5) is 5.69 Å². The second-order valence-corrected chi connectivity index (χ2v) is 11.1. The number of ether oxygens (including phenoxy) is 1. The predicted octanol–water partition coefficient (Wildman–Crippen LogP) is 3.49. The molecule has 8 heteroatoms. The van der Waals surface area contributed by atoms with Crippen molar-refractivity contribution in [1.29, 1.82) is 0 Å². The summed E-state index contributed by atoms with van der Waals surface area (Å²) in [6, 6.07) is 15.1. The van der Waals surface area contributed by atoms with Crippen LogP contribution in [-0.4, -0.2) is 48.9 Å². The fourth-order valence-electron chi connectivity index (χ4n) is 4.15. The summed E-state index contributed by atoms with van der Waals surface area (Å²) in [5.74, 6) is 0.424. The molecule has 2 heterocycles. The molecular formula is C23H26N2O4S2. The third-order valence-electron chi connectivity index (χ3n) is 5.60. The number of aryl methyl sites for hydroxylation is 2. The lowest BCUT2D eigenvalue weighted by Gasteiger charge is -2.29. The molecule has 164 valence electrons. The molecule has 2 saturated heterocycles. The van der Waals surface area contributed by atoms with Crippen molar-refractivity contribution in [2.75, 3.05) is 23.0 Å². The molecule has 0 aliphatic carbocycles. The molecule has 2 aliphatic heterocycles. The van der Waals surface area contributed by atoms with Crippen molar-refractivity contribution in [3.63, 3.8) is 0 Å². The first-order valence-electron chi connectivity index (χ1n) is 10.5. The summed E-state index contributed by atoms with van der Waals surface area (Å²) >= 11 is 1.40. The fourth-order valence-corrected chi connectivity index (χ4v) is 8.07. The predicted molar refractivity (Wildman–Crippen MR) is 126 cm³/mol. The number of nitrogens with zero attached hydrogens (tertiary/aromatic N) is 2. The van der Waals surface area contributed by atoms with Crippen LogP contribution < -0.4 is 9.64 Å². The lowest BCUT2D eigenvalue weighted by atomic mass is 10.0. The lowest BCUT2D eigenvalue weighted by molar-refractivity contribution is -0.119. The molecule has 0 unspecified atom stereocenters. The van der Waals surface area contributed by atoms with E-state index < -0.39 is 9.84 Å². The highest BCUT2D eigenvalue weighted by Crippen LogP contribution is 2.43. The molecular weight excluding hydrogens is 432 g/mol. The topological polar surface area (TPSA) is 76.0 Å². The summed E-state index contributed by atoms with van der Waals surface area (Å²) in [5, 5.41) is 0.448.